The summed E-state index contributed by atoms with van der Waals surface area (Å²) in [5, 5.41) is 14.3. The zero-order valence-corrected chi connectivity index (χ0v) is 15.9. The van der Waals surface area contributed by atoms with Gasteiger partial charge in [-0.3, -0.25) is 9.59 Å². The van der Waals surface area contributed by atoms with E-state index < -0.39 is 0 Å². The Morgan fingerprint density at radius 1 is 1.18 bits per heavy atom. The summed E-state index contributed by atoms with van der Waals surface area (Å²) in [5.41, 5.74) is 2.35. The number of nitrogens with zero attached hydrogens (tertiary/aromatic N) is 1. The van der Waals surface area contributed by atoms with Gasteiger partial charge in [0.25, 0.3) is 11.8 Å². The summed E-state index contributed by atoms with van der Waals surface area (Å²) in [4.78, 5) is 29.2. The number of aliphatic hydroxyl groups is 1. The Labute approximate surface area is 164 Å². The molecule has 148 valence electrons. The topological polar surface area (TPSA) is 101 Å². The van der Waals surface area contributed by atoms with Gasteiger partial charge in [0.15, 0.2) is 0 Å². The van der Waals surface area contributed by atoms with Crippen LogP contribution in [0.25, 0.3) is 0 Å². The molecule has 0 radical (unpaired) electrons. The van der Waals surface area contributed by atoms with E-state index in [9.17, 15) is 9.59 Å². The molecule has 3 N–H and O–H groups in total. The van der Waals surface area contributed by atoms with Gasteiger partial charge in [-0.05, 0) is 30.5 Å². The van der Waals surface area contributed by atoms with Crippen LogP contribution in [-0.2, 0) is 11.2 Å². The van der Waals surface area contributed by atoms with Crippen LogP contribution in [0.1, 0.15) is 44.9 Å². The highest BCUT2D eigenvalue weighted by atomic mass is 16.5. The fourth-order valence-electron chi connectivity index (χ4n) is 3.17. The van der Waals surface area contributed by atoms with Crippen molar-refractivity contribution >= 4 is 11.8 Å². The van der Waals surface area contributed by atoms with Crippen molar-refractivity contribution in [2.75, 3.05) is 20.3 Å². The summed E-state index contributed by atoms with van der Waals surface area (Å²) in [7, 11) is 1.54. The molecule has 7 nitrogen and oxygen atoms in total. The molecule has 1 aromatic carbocycles. The van der Waals surface area contributed by atoms with Gasteiger partial charge in [0.1, 0.15) is 5.69 Å². The summed E-state index contributed by atoms with van der Waals surface area (Å²) in [6.07, 6.45) is 2.04. The number of nitrogens with one attached hydrogen (secondary N) is 2. The number of aliphatic hydroxyl groups excluding tert-OH is 1. The molecule has 0 bridgehead atoms. The molecule has 28 heavy (non-hydrogen) atoms. The lowest BCUT2D eigenvalue weighted by Crippen LogP contribution is -2.48. The standard InChI is InChI=1S/C21H25N3O4/c1-22-21(27)19-11-15(10-16(23-19)9-14-5-3-2-4-6-14)20(26)24-17-12-18(13-17)28-8-7-25/h2-6,10-11,17-18,25H,7-9,12-13H2,1H3,(H,22,27)(H,24,26)/t17-,18-. The lowest BCUT2D eigenvalue weighted by atomic mass is 9.89. The van der Waals surface area contributed by atoms with Gasteiger partial charge < -0.3 is 20.5 Å². The van der Waals surface area contributed by atoms with Crippen molar-refractivity contribution in [3.63, 3.8) is 0 Å². The number of aromatic nitrogens is 1. The van der Waals surface area contributed by atoms with Crippen molar-refractivity contribution in [1.82, 2.24) is 15.6 Å². The number of benzene rings is 1. The molecule has 2 aromatic rings. The Bertz CT molecular complexity index is 820. The molecule has 1 aliphatic carbocycles. The van der Waals surface area contributed by atoms with Crippen LogP contribution in [0.4, 0.5) is 0 Å². The summed E-state index contributed by atoms with van der Waals surface area (Å²) < 4.78 is 5.43. The summed E-state index contributed by atoms with van der Waals surface area (Å²) >= 11 is 0. The van der Waals surface area contributed by atoms with Crippen molar-refractivity contribution in [3.05, 3.63) is 65.0 Å². The minimum Gasteiger partial charge on any atom is -0.394 e. The Balaban J connectivity index is 1.71. The van der Waals surface area contributed by atoms with Gasteiger partial charge in [0.05, 0.1) is 19.3 Å². The molecular weight excluding hydrogens is 358 g/mol. The number of ether oxygens (including phenoxy) is 1. The van der Waals surface area contributed by atoms with E-state index in [4.69, 9.17) is 9.84 Å². The van der Waals surface area contributed by atoms with Crippen LogP contribution < -0.4 is 10.6 Å². The molecular formula is C21H25N3O4. The van der Waals surface area contributed by atoms with E-state index in [1.165, 1.54) is 13.1 Å². The van der Waals surface area contributed by atoms with Crippen LogP contribution >= 0.6 is 0 Å². The molecule has 0 spiro atoms. The minimum absolute atomic E-state index is 0.00297. The smallest absolute Gasteiger partial charge is 0.269 e. The molecule has 1 aliphatic rings. The largest absolute Gasteiger partial charge is 0.394 e. The van der Waals surface area contributed by atoms with Gasteiger partial charge in [0, 0.05) is 30.8 Å². The first-order valence-corrected chi connectivity index (χ1v) is 9.39. The zero-order valence-electron chi connectivity index (χ0n) is 15.9. The summed E-state index contributed by atoms with van der Waals surface area (Å²) in [5.74, 6) is -0.558. The maximum Gasteiger partial charge on any atom is 0.269 e. The SMILES string of the molecule is CNC(=O)c1cc(C(=O)N[C@H]2C[C@H](OCCO)C2)cc(Cc2ccccc2)n1. The Morgan fingerprint density at radius 3 is 2.61 bits per heavy atom. The molecule has 0 aliphatic heterocycles. The monoisotopic (exact) mass is 383 g/mol. The fraction of sp³-hybridized carbons (Fsp3) is 0.381. The maximum atomic E-state index is 12.7. The van der Waals surface area contributed by atoms with Crippen molar-refractivity contribution in [2.24, 2.45) is 0 Å². The Hall–Kier alpha value is -2.77. The van der Waals surface area contributed by atoms with Crippen molar-refractivity contribution in [3.8, 4) is 0 Å². The van der Waals surface area contributed by atoms with Crippen LogP contribution in [0.3, 0.4) is 0 Å². The second kappa shape index (κ2) is 9.43. The number of carbonyl (C=O) groups excluding carboxylic acids is 2. The van der Waals surface area contributed by atoms with E-state index in [1.807, 2.05) is 30.3 Å². The van der Waals surface area contributed by atoms with E-state index in [-0.39, 0.29) is 36.3 Å². The Kier molecular flexibility index (Phi) is 6.73. The van der Waals surface area contributed by atoms with Crippen LogP contribution in [0, 0.1) is 0 Å². The fourth-order valence-corrected chi connectivity index (χ4v) is 3.17. The molecule has 7 heteroatoms. The maximum absolute atomic E-state index is 12.7. The predicted octanol–water partition coefficient (Wildman–Crippen LogP) is 1.30. The average molecular weight is 383 g/mol. The third-order valence-corrected chi connectivity index (χ3v) is 4.70. The van der Waals surface area contributed by atoms with Crippen LogP contribution in [-0.4, -0.2) is 54.3 Å². The van der Waals surface area contributed by atoms with Crippen LogP contribution in [0.2, 0.25) is 0 Å². The van der Waals surface area contributed by atoms with Crippen LogP contribution in [0.5, 0.6) is 0 Å². The van der Waals surface area contributed by atoms with Gasteiger partial charge >= 0.3 is 0 Å². The highest BCUT2D eigenvalue weighted by molar-refractivity contribution is 5.98. The normalized spacial score (nSPS) is 18.2. The van der Waals surface area contributed by atoms with E-state index >= 15 is 0 Å². The number of carbonyl (C=O) groups is 2. The average Bonchev–Trinajstić information content (AvgIpc) is 2.69. The van der Waals surface area contributed by atoms with Crippen molar-refractivity contribution in [2.45, 2.75) is 31.4 Å². The van der Waals surface area contributed by atoms with E-state index in [2.05, 4.69) is 15.6 Å². The molecule has 0 unspecified atom stereocenters. The molecule has 0 saturated heterocycles. The highest BCUT2D eigenvalue weighted by Gasteiger charge is 2.31. The molecule has 1 aromatic heterocycles. The molecule has 1 fully saturated rings. The molecule has 2 amide bonds. The lowest BCUT2D eigenvalue weighted by molar-refractivity contribution is -0.0286. The quantitative estimate of drug-likeness (QED) is 0.638. The second-order valence-corrected chi connectivity index (χ2v) is 6.83. The number of pyridine rings is 1. The van der Waals surface area contributed by atoms with Gasteiger partial charge in [-0.1, -0.05) is 30.3 Å². The number of hydrogen-bond donors (Lipinski definition) is 3. The number of hydrogen-bond acceptors (Lipinski definition) is 5. The highest BCUT2D eigenvalue weighted by Crippen LogP contribution is 2.23. The first-order chi connectivity index (χ1) is 13.6. The molecule has 3 rings (SSSR count). The van der Waals surface area contributed by atoms with Crippen LogP contribution in [0.15, 0.2) is 42.5 Å². The number of rotatable bonds is 8. The first-order valence-electron chi connectivity index (χ1n) is 9.39. The predicted molar refractivity (Wildman–Crippen MR) is 104 cm³/mol. The first kappa shape index (κ1) is 20.0. The van der Waals surface area contributed by atoms with Gasteiger partial charge in [-0.15, -0.1) is 0 Å². The van der Waals surface area contributed by atoms with Gasteiger partial charge in [-0.2, -0.15) is 0 Å². The van der Waals surface area contributed by atoms with E-state index in [0.29, 0.717) is 24.3 Å². The van der Waals surface area contributed by atoms with Crippen molar-refractivity contribution < 1.29 is 19.4 Å². The third kappa shape index (κ3) is 5.15. The minimum atomic E-state index is -0.329. The Morgan fingerprint density at radius 2 is 1.93 bits per heavy atom. The molecule has 0 atom stereocenters. The van der Waals surface area contributed by atoms with E-state index in [1.54, 1.807) is 6.07 Å². The number of amides is 2. The lowest BCUT2D eigenvalue weighted by Gasteiger charge is -2.35. The molecule has 1 heterocycles. The third-order valence-electron chi connectivity index (χ3n) is 4.70. The van der Waals surface area contributed by atoms with E-state index in [0.717, 1.165) is 18.4 Å². The second-order valence-electron chi connectivity index (χ2n) is 6.83. The van der Waals surface area contributed by atoms with Gasteiger partial charge in [0.2, 0.25) is 0 Å². The summed E-state index contributed by atoms with van der Waals surface area (Å²) in [6.45, 7) is 0.311. The summed E-state index contributed by atoms with van der Waals surface area (Å²) in [6, 6.07) is 13.1. The zero-order chi connectivity index (χ0) is 19.9. The van der Waals surface area contributed by atoms with Crippen molar-refractivity contribution in [1.29, 1.82) is 0 Å². The van der Waals surface area contributed by atoms with Gasteiger partial charge in [-0.25, -0.2) is 4.98 Å². The molecule has 1 saturated carbocycles.